The highest BCUT2D eigenvalue weighted by atomic mass is 32.2. The number of benzene rings is 2. The Morgan fingerprint density at radius 1 is 0.955 bits per heavy atom. The number of nitrogens with one attached hydrogen (secondary N) is 1. The van der Waals surface area contributed by atoms with E-state index in [0.29, 0.717) is 13.2 Å². The molecule has 0 fully saturated rings. The molecule has 0 spiro atoms. The number of alkyl carbamates (subject to hydrolysis) is 1. The molecule has 0 aliphatic rings. The molecule has 1 N–H and O–H groups in total. The highest BCUT2D eigenvalue weighted by Crippen LogP contribution is 2.18. The molecule has 1 amide bonds. The zero-order valence-corrected chi connectivity index (χ0v) is 13.4. The summed E-state index contributed by atoms with van der Waals surface area (Å²) < 4.78 is 5.15. The lowest BCUT2D eigenvalue weighted by molar-refractivity contribution is 0.139. The Balaban J connectivity index is 1.49. The number of hydrogen-bond donors (Lipinski definition) is 1. The molecule has 116 valence electrons. The van der Waals surface area contributed by atoms with Gasteiger partial charge in [-0.15, -0.1) is 11.8 Å². The Morgan fingerprint density at radius 2 is 1.64 bits per heavy atom. The van der Waals surface area contributed by atoms with Crippen LogP contribution in [0.3, 0.4) is 0 Å². The van der Waals surface area contributed by atoms with Gasteiger partial charge in [0.2, 0.25) is 0 Å². The fraction of sp³-hybridized carbons (Fsp3) is 0.278. The van der Waals surface area contributed by atoms with E-state index in [-0.39, 0.29) is 6.09 Å². The topological polar surface area (TPSA) is 38.3 Å². The molecule has 22 heavy (non-hydrogen) atoms. The third kappa shape index (κ3) is 6.68. The molecule has 0 bridgehead atoms. The highest BCUT2D eigenvalue weighted by Gasteiger charge is 2.01. The summed E-state index contributed by atoms with van der Waals surface area (Å²) in [5.74, 6) is 1.06. The van der Waals surface area contributed by atoms with Crippen LogP contribution in [0.5, 0.6) is 0 Å². The van der Waals surface area contributed by atoms with Crippen molar-refractivity contribution in [3.8, 4) is 0 Å². The van der Waals surface area contributed by atoms with Crippen LogP contribution in [0.4, 0.5) is 4.79 Å². The maximum absolute atomic E-state index is 11.5. The number of unbranched alkanes of at least 4 members (excludes halogenated alkanes) is 1. The second-order valence-corrected chi connectivity index (χ2v) is 6.03. The average Bonchev–Trinajstić information content (AvgIpc) is 2.58. The fourth-order valence-electron chi connectivity index (χ4n) is 1.90. The second kappa shape index (κ2) is 9.90. The van der Waals surface area contributed by atoms with Crippen molar-refractivity contribution in [2.24, 2.45) is 0 Å². The first-order valence-corrected chi connectivity index (χ1v) is 8.45. The van der Waals surface area contributed by atoms with Gasteiger partial charge in [0.15, 0.2) is 0 Å². The van der Waals surface area contributed by atoms with Crippen molar-refractivity contribution < 1.29 is 9.53 Å². The van der Waals surface area contributed by atoms with Crippen LogP contribution in [0.2, 0.25) is 0 Å². The van der Waals surface area contributed by atoms with E-state index in [2.05, 4.69) is 17.4 Å². The first-order valence-electron chi connectivity index (χ1n) is 7.47. The average molecular weight is 315 g/mol. The first kappa shape index (κ1) is 16.4. The molecule has 3 nitrogen and oxygen atoms in total. The van der Waals surface area contributed by atoms with E-state index in [1.807, 2.05) is 60.3 Å². The molecule has 0 saturated carbocycles. The van der Waals surface area contributed by atoms with E-state index in [9.17, 15) is 4.79 Å². The predicted molar refractivity (Wildman–Crippen MR) is 91.0 cm³/mol. The van der Waals surface area contributed by atoms with Crippen molar-refractivity contribution >= 4 is 17.9 Å². The van der Waals surface area contributed by atoms with E-state index in [1.165, 1.54) is 4.90 Å². The minimum absolute atomic E-state index is 0.316. The summed E-state index contributed by atoms with van der Waals surface area (Å²) >= 11 is 1.84. The standard InChI is InChI=1S/C18H21NO2S/c20-18(21-15-16-9-3-1-4-10-16)19-13-7-8-14-22-17-11-5-2-6-12-17/h1-6,9-12H,7-8,13-15H2,(H,19,20). The lowest BCUT2D eigenvalue weighted by Crippen LogP contribution is -2.25. The third-order valence-corrected chi connectivity index (χ3v) is 4.16. The maximum atomic E-state index is 11.5. The Morgan fingerprint density at radius 3 is 2.36 bits per heavy atom. The summed E-state index contributed by atoms with van der Waals surface area (Å²) in [4.78, 5) is 12.8. The van der Waals surface area contributed by atoms with Crippen molar-refractivity contribution in [3.63, 3.8) is 0 Å². The lowest BCUT2D eigenvalue weighted by atomic mass is 10.2. The van der Waals surface area contributed by atoms with Crippen molar-refractivity contribution in [3.05, 3.63) is 66.2 Å². The van der Waals surface area contributed by atoms with Crippen LogP contribution in [-0.2, 0) is 11.3 Å². The molecule has 0 atom stereocenters. The number of amides is 1. The molecule has 4 heteroatoms. The summed E-state index contributed by atoms with van der Waals surface area (Å²) in [6.45, 7) is 0.972. The van der Waals surface area contributed by atoms with Crippen LogP contribution >= 0.6 is 11.8 Å². The van der Waals surface area contributed by atoms with E-state index in [4.69, 9.17) is 4.74 Å². The van der Waals surface area contributed by atoms with Gasteiger partial charge in [-0.25, -0.2) is 4.79 Å². The Hall–Kier alpha value is -1.94. The van der Waals surface area contributed by atoms with Crippen molar-refractivity contribution in [1.82, 2.24) is 5.32 Å². The van der Waals surface area contributed by atoms with Gasteiger partial charge < -0.3 is 10.1 Å². The van der Waals surface area contributed by atoms with E-state index >= 15 is 0 Å². The fourth-order valence-corrected chi connectivity index (χ4v) is 2.83. The van der Waals surface area contributed by atoms with E-state index in [1.54, 1.807) is 0 Å². The molecule has 0 aliphatic heterocycles. The van der Waals surface area contributed by atoms with Crippen LogP contribution in [0.25, 0.3) is 0 Å². The van der Waals surface area contributed by atoms with Gasteiger partial charge in [0.1, 0.15) is 6.61 Å². The molecular formula is C18H21NO2S. The van der Waals surface area contributed by atoms with Crippen LogP contribution in [0.1, 0.15) is 18.4 Å². The summed E-state index contributed by atoms with van der Waals surface area (Å²) in [7, 11) is 0. The summed E-state index contributed by atoms with van der Waals surface area (Å²) in [6.07, 6.45) is 1.68. The van der Waals surface area contributed by atoms with Gasteiger partial charge in [-0.2, -0.15) is 0 Å². The van der Waals surface area contributed by atoms with Crippen LogP contribution < -0.4 is 5.32 Å². The molecule has 0 aromatic heterocycles. The van der Waals surface area contributed by atoms with Gasteiger partial charge in [-0.1, -0.05) is 48.5 Å². The molecule has 2 aromatic rings. The minimum atomic E-state index is -0.348. The second-order valence-electron chi connectivity index (χ2n) is 4.86. The maximum Gasteiger partial charge on any atom is 0.407 e. The molecular weight excluding hydrogens is 294 g/mol. The molecule has 0 saturated heterocycles. The van der Waals surface area contributed by atoms with Crippen LogP contribution in [0, 0.1) is 0 Å². The first-order chi connectivity index (χ1) is 10.8. The molecule has 0 heterocycles. The van der Waals surface area contributed by atoms with Gasteiger partial charge in [0.05, 0.1) is 0 Å². The van der Waals surface area contributed by atoms with Gasteiger partial charge in [0.25, 0.3) is 0 Å². The van der Waals surface area contributed by atoms with E-state index in [0.717, 1.165) is 24.2 Å². The third-order valence-electron chi connectivity index (χ3n) is 3.07. The Bertz CT molecular complexity index is 546. The van der Waals surface area contributed by atoms with Crippen molar-refractivity contribution in [2.45, 2.75) is 24.3 Å². The number of ether oxygens (including phenoxy) is 1. The zero-order chi connectivity index (χ0) is 15.5. The number of rotatable bonds is 8. The molecule has 0 radical (unpaired) electrons. The largest absolute Gasteiger partial charge is 0.445 e. The number of carbonyl (C=O) groups excluding carboxylic acids is 1. The van der Waals surface area contributed by atoms with Crippen molar-refractivity contribution in [1.29, 1.82) is 0 Å². The summed E-state index contributed by atoms with van der Waals surface area (Å²) in [5, 5.41) is 2.78. The SMILES string of the molecule is O=C(NCCCCSc1ccccc1)OCc1ccccc1. The van der Waals surface area contributed by atoms with Gasteiger partial charge in [-0.05, 0) is 36.3 Å². The Kier molecular flexibility index (Phi) is 7.39. The molecule has 2 aromatic carbocycles. The molecule has 2 rings (SSSR count). The Labute approximate surface area is 136 Å². The zero-order valence-electron chi connectivity index (χ0n) is 12.5. The monoisotopic (exact) mass is 315 g/mol. The quantitative estimate of drug-likeness (QED) is 0.576. The van der Waals surface area contributed by atoms with Gasteiger partial charge in [-0.3, -0.25) is 0 Å². The van der Waals surface area contributed by atoms with E-state index < -0.39 is 0 Å². The predicted octanol–water partition coefficient (Wildman–Crippen LogP) is 4.49. The smallest absolute Gasteiger partial charge is 0.407 e. The van der Waals surface area contributed by atoms with Crippen molar-refractivity contribution in [2.75, 3.05) is 12.3 Å². The van der Waals surface area contributed by atoms with Crippen LogP contribution in [-0.4, -0.2) is 18.4 Å². The normalized spacial score (nSPS) is 10.2. The highest BCUT2D eigenvalue weighted by molar-refractivity contribution is 7.99. The lowest BCUT2D eigenvalue weighted by Gasteiger charge is -2.07. The summed E-state index contributed by atoms with van der Waals surface area (Å²) in [5.41, 5.74) is 0.997. The number of thioether (sulfide) groups is 1. The van der Waals surface area contributed by atoms with Crippen LogP contribution in [0.15, 0.2) is 65.6 Å². The van der Waals surface area contributed by atoms with Gasteiger partial charge >= 0.3 is 6.09 Å². The minimum Gasteiger partial charge on any atom is -0.445 e. The molecule has 0 unspecified atom stereocenters. The number of hydrogen-bond acceptors (Lipinski definition) is 3. The van der Waals surface area contributed by atoms with Gasteiger partial charge in [0, 0.05) is 11.4 Å². The number of carbonyl (C=O) groups is 1. The molecule has 0 aliphatic carbocycles. The summed E-state index contributed by atoms with van der Waals surface area (Å²) in [6, 6.07) is 20.0.